The number of hydrogen-bond donors (Lipinski definition) is 5. The number of anilines is 1. The van der Waals surface area contributed by atoms with Crippen molar-refractivity contribution >= 4 is 28.5 Å². The minimum Gasteiger partial charge on any atom is -0.394 e. The van der Waals surface area contributed by atoms with Gasteiger partial charge in [0.15, 0.2) is 11.2 Å². The molecule has 0 radical (unpaired) electrons. The standard InChI is InChI=1S/C20H24N6O7.C20H25N3O8/c1-11(12-4-2-3-5-13(12)26(30)31)8-32-10-25-19(29)17-18(23-20(25)21)24(9-22-17)16-6-14(28)15(7-27)33-16;1-12-8-21(18-7-16(25)17(9-24)31-18)20(27)22(19(12)26)11-30-10-13(2)14-5-3-4-6-15(14)23(28)29/h2-5,9,11,14-16,27-28H,6-8,10H2,1H3,(H2,21,23);3-6,8,13,16-18,24-25H,7,9-11H2,1-2H3/t11?,14-,15-,16-;13?,16-,17-,18-/m11/s1. The van der Waals surface area contributed by atoms with E-state index in [1.54, 1.807) is 57.2 Å². The summed E-state index contributed by atoms with van der Waals surface area (Å²) in [5.41, 5.74) is 5.78. The van der Waals surface area contributed by atoms with Crippen LogP contribution in [0.25, 0.3) is 11.2 Å². The molecule has 8 atom stereocenters. The number of fused-ring (bicyclic) bond motifs is 1. The van der Waals surface area contributed by atoms with Crippen molar-refractivity contribution in [2.75, 3.05) is 32.2 Å². The van der Waals surface area contributed by atoms with Crippen LogP contribution in [0.1, 0.15) is 67.7 Å². The van der Waals surface area contributed by atoms with Gasteiger partial charge in [-0.05, 0) is 6.92 Å². The average molecular weight is 896 g/mol. The molecular formula is C40H49N9O15. The Morgan fingerprint density at radius 3 is 1.77 bits per heavy atom. The Morgan fingerprint density at radius 2 is 1.28 bits per heavy atom. The maximum Gasteiger partial charge on any atom is 0.335 e. The SMILES string of the molecule is CC(COCn1c(N)nc2c(ncn2[C@H]2C[C@@H](O)[C@@H](CO)O2)c1=O)c1ccccc1[N+](=O)[O-].Cc1cn([C@H]2C[C@@H](O)[C@@H](CO)O2)c(=O)n(COCC(C)c2ccccc2[N+](=O)[O-])c1=O. The lowest BCUT2D eigenvalue weighted by atomic mass is 10.0. The van der Waals surface area contributed by atoms with E-state index in [-0.39, 0.29) is 92.0 Å². The Hall–Kier alpha value is -6.25. The van der Waals surface area contributed by atoms with E-state index in [2.05, 4.69) is 9.97 Å². The van der Waals surface area contributed by atoms with Crippen molar-refractivity contribution in [2.24, 2.45) is 0 Å². The van der Waals surface area contributed by atoms with E-state index in [0.717, 1.165) is 9.13 Å². The van der Waals surface area contributed by atoms with Crippen molar-refractivity contribution in [2.45, 2.75) is 95.8 Å². The molecule has 5 aromatic rings. The van der Waals surface area contributed by atoms with Gasteiger partial charge in [-0.1, -0.05) is 50.2 Å². The zero-order chi connectivity index (χ0) is 46.4. The summed E-state index contributed by atoms with van der Waals surface area (Å²) in [6, 6.07) is 12.7. The maximum atomic E-state index is 12.9. The first-order valence-corrected chi connectivity index (χ1v) is 20.1. The number of nitrogens with zero attached hydrogens (tertiary/aromatic N) is 8. The van der Waals surface area contributed by atoms with Gasteiger partial charge < -0.3 is 45.1 Å². The number of ether oxygens (including phenoxy) is 4. The second-order valence-corrected chi connectivity index (χ2v) is 15.4. The number of hydrogen-bond acceptors (Lipinski definition) is 18. The lowest BCUT2D eigenvalue weighted by Crippen LogP contribution is -2.42. The Morgan fingerprint density at radius 1 is 0.797 bits per heavy atom. The highest BCUT2D eigenvalue weighted by molar-refractivity contribution is 5.71. The Balaban J connectivity index is 0.000000213. The van der Waals surface area contributed by atoms with E-state index in [9.17, 15) is 55.0 Å². The molecule has 0 saturated carbocycles. The van der Waals surface area contributed by atoms with Gasteiger partial charge in [-0.25, -0.2) is 14.3 Å². The summed E-state index contributed by atoms with van der Waals surface area (Å²) in [6.45, 7) is 3.96. The van der Waals surface area contributed by atoms with E-state index < -0.39 is 70.1 Å². The number of nitrogen functional groups attached to an aromatic ring is 1. The molecule has 2 aliphatic heterocycles. The highest BCUT2D eigenvalue weighted by atomic mass is 16.6. The molecule has 2 unspecified atom stereocenters. The van der Waals surface area contributed by atoms with E-state index >= 15 is 0 Å². The highest BCUT2D eigenvalue weighted by Gasteiger charge is 2.37. The number of aliphatic hydroxyl groups is 4. The summed E-state index contributed by atoms with van der Waals surface area (Å²) >= 11 is 0. The molecule has 24 heteroatoms. The van der Waals surface area contributed by atoms with Gasteiger partial charge in [0.2, 0.25) is 5.95 Å². The second-order valence-electron chi connectivity index (χ2n) is 15.4. The Labute approximate surface area is 362 Å². The van der Waals surface area contributed by atoms with Crippen LogP contribution in [-0.2, 0) is 32.4 Å². The van der Waals surface area contributed by atoms with Crippen molar-refractivity contribution in [3.8, 4) is 0 Å². The summed E-state index contributed by atoms with van der Waals surface area (Å²) in [6.07, 6.45) is -1.78. The Bertz CT molecular complexity index is 2650. The maximum absolute atomic E-state index is 12.9. The lowest BCUT2D eigenvalue weighted by Gasteiger charge is -2.18. The molecule has 64 heavy (non-hydrogen) atoms. The number of rotatable bonds is 16. The van der Waals surface area contributed by atoms with Crippen LogP contribution in [0, 0.1) is 27.2 Å². The smallest absolute Gasteiger partial charge is 0.335 e. The fourth-order valence-electron chi connectivity index (χ4n) is 7.49. The summed E-state index contributed by atoms with van der Waals surface area (Å²) < 4.78 is 27.0. The molecule has 5 heterocycles. The van der Waals surface area contributed by atoms with Gasteiger partial charge in [0, 0.05) is 59.7 Å². The molecule has 7 rings (SSSR count). The topological polar surface area (TPSA) is 327 Å². The number of nitro groups is 2. The zero-order valence-electron chi connectivity index (χ0n) is 35.0. The number of benzene rings is 2. The van der Waals surface area contributed by atoms with Crippen LogP contribution in [0.4, 0.5) is 17.3 Å². The van der Waals surface area contributed by atoms with Crippen molar-refractivity contribution in [1.82, 2.24) is 28.2 Å². The average Bonchev–Trinajstić information content (AvgIpc) is 3.99. The first-order valence-electron chi connectivity index (χ1n) is 20.1. The minimum atomic E-state index is -0.929. The van der Waals surface area contributed by atoms with Crippen LogP contribution in [0.15, 0.2) is 75.4 Å². The monoisotopic (exact) mass is 895 g/mol. The van der Waals surface area contributed by atoms with Crippen molar-refractivity contribution in [3.05, 3.63) is 129 Å². The minimum absolute atomic E-state index is 0.00148. The number of nitro benzene ring substituents is 2. The molecule has 2 aliphatic rings. The number of aromatic nitrogens is 6. The van der Waals surface area contributed by atoms with Crippen molar-refractivity contribution in [1.29, 1.82) is 0 Å². The number of imidazole rings is 1. The highest BCUT2D eigenvalue weighted by Crippen LogP contribution is 2.31. The fourth-order valence-corrected chi connectivity index (χ4v) is 7.49. The van der Waals surface area contributed by atoms with Gasteiger partial charge in [0.25, 0.3) is 22.5 Å². The predicted molar refractivity (Wildman–Crippen MR) is 224 cm³/mol. The number of nitrogens with two attached hydrogens (primary N) is 1. The van der Waals surface area contributed by atoms with E-state index in [1.807, 2.05) is 0 Å². The number of aliphatic hydroxyl groups excluding tert-OH is 4. The quantitative estimate of drug-likeness (QED) is 0.0685. The lowest BCUT2D eigenvalue weighted by molar-refractivity contribution is -0.385. The summed E-state index contributed by atoms with van der Waals surface area (Å²) in [5.74, 6) is -0.752. The molecule has 6 N–H and O–H groups in total. The van der Waals surface area contributed by atoms with Gasteiger partial charge in [-0.2, -0.15) is 4.98 Å². The van der Waals surface area contributed by atoms with Gasteiger partial charge in [0.05, 0.1) is 54.8 Å². The van der Waals surface area contributed by atoms with Gasteiger partial charge >= 0.3 is 5.69 Å². The summed E-state index contributed by atoms with van der Waals surface area (Å²) in [4.78, 5) is 68.2. The van der Waals surface area contributed by atoms with Crippen molar-refractivity contribution in [3.63, 3.8) is 0 Å². The molecular weight excluding hydrogens is 846 g/mol. The van der Waals surface area contributed by atoms with Gasteiger partial charge in [-0.3, -0.25) is 43.5 Å². The molecule has 0 aliphatic carbocycles. The number of para-hydroxylation sites is 2. The molecule has 2 aromatic carbocycles. The molecule has 3 aromatic heterocycles. The largest absolute Gasteiger partial charge is 0.394 e. The first kappa shape index (κ1) is 47.2. The molecule has 0 bridgehead atoms. The molecule has 2 fully saturated rings. The second kappa shape index (κ2) is 20.5. The van der Waals surface area contributed by atoms with Gasteiger partial charge in [-0.15, -0.1) is 0 Å². The van der Waals surface area contributed by atoms with E-state index in [1.165, 1.54) is 33.8 Å². The summed E-state index contributed by atoms with van der Waals surface area (Å²) in [7, 11) is 0. The van der Waals surface area contributed by atoms with Crippen LogP contribution in [0.3, 0.4) is 0 Å². The molecule has 0 amide bonds. The molecule has 2 saturated heterocycles. The van der Waals surface area contributed by atoms with E-state index in [0.29, 0.717) is 11.1 Å². The van der Waals surface area contributed by atoms with Crippen LogP contribution in [0.2, 0.25) is 0 Å². The van der Waals surface area contributed by atoms with E-state index in [4.69, 9.17) is 24.7 Å². The van der Waals surface area contributed by atoms with Crippen LogP contribution in [-0.4, -0.2) is 109 Å². The summed E-state index contributed by atoms with van der Waals surface area (Å²) in [5, 5.41) is 60.9. The third kappa shape index (κ3) is 10.1. The van der Waals surface area contributed by atoms with Gasteiger partial charge in [0.1, 0.15) is 38.1 Å². The van der Waals surface area contributed by atoms with Crippen LogP contribution < -0.4 is 22.5 Å². The van der Waals surface area contributed by atoms with Crippen LogP contribution >= 0.6 is 0 Å². The van der Waals surface area contributed by atoms with Crippen LogP contribution in [0.5, 0.6) is 0 Å². The molecule has 0 spiro atoms. The number of aryl methyl sites for hydroxylation is 1. The first-order chi connectivity index (χ1) is 30.6. The molecule has 344 valence electrons. The third-order valence-corrected chi connectivity index (χ3v) is 11.0. The third-order valence-electron chi connectivity index (χ3n) is 11.0. The molecule has 24 nitrogen and oxygen atoms in total. The van der Waals surface area contributed by atoms with Crippen molar-refractivity contribution < 1.29 is 49.2 Å². The fraction of sp³-hybridized carbons (Fsp3) is 0.475. The predicted octanol–water partition coefficient (Wildman–Crippen LogP) is 1.15. The normalized spacial score (nSPS) is 21.7. The Kier molecular flexibility index (Phi) is 15.1. The zero-order valence-corrected chi connectivity index (χ0v) is 35.0.